The summed E-state index contributed by atoms with van der Waals surface area (Å²) >= 11 is 0. The lowest BCUT2D eigenvalue weighted by molar-refractivity contribution is -0.136. The Balaban J connectivity index is 4.49. The van der Waals surface area contributed by atoms with E-state index < -0.39 is 32.7 Å². The Bertz CT molecular complexity index is 362. The second-order valence-corrected chi connectivity index (χ2v) is 5.99. The van der Waals surface area contributed by atoms with Crippen molar-refractivity contribution in [1.82, 2.24) is 5.32 Å². The van der Waals surface area contributed by atoms with E-state index in [1.807, 2.05) is 6.92 Å². The molecule has 0 saturated heterocycles. The molecule has 1 amide bonds. The third kappa shape index (κ3) is 4.61. The van der Waals surface area contributed by atoms with Crippen molar-refractivity contribution >= 4 is 21.7 Å². The molecule has 0 aromatic carbocycles. The maximum Gasteiger partial charge on any atom is 0.321 e. The fraction of sp³-hybridized carbons (Fsp3) is 0.778. The fourth-order valence-corrected chi connectivity index (χ4v) is 1.89. The van der Waals surface area contributed by atoms with Crippen molar-refractivity contribution in [3.63, 3.8) is 0 Å². The monoisotopic (exact) mass is 251 g/mol. The Morgan fingerprint density at radius 2 is 1.81 bits per heavy atom. The van der Waals surface area contributed by atoms with Gasteiger partial charge in [-0.2, -0.15) is 0 Å². The van der Waals surface area contributed by atoms with Gasteiger partial charge < -0.3 is 10.4 Å². The average Bonchev–Trinajstić information content (AvgIpc) is 2.14. The quantitative estimate of drug-likeness (QED) is 0.680. The van der Waals surface area contributed by atoms with Gasteiger partial charge in [-0.15, -0.1) is 0 Å². The van der Waals surface area contributed by atoms with Crippen LogP contribution in [0.15, 0.2) is 0 Å². The maximum absolute atomic E-state index is 11.4. The Hall–Kier alpha value is -1.11. The van der Waals surface area contributed by atoms with E-state index in [4.69, 9.17) is 5.11 Å². The third-order valence-electron chi connectivity index (χ3n) is 2.24. The van der Waals surface area contributed by atoms with Crippen molar-refractivity contribution in [3.05, 3.63) is 0 Å². The van der Waals surface area contributed by atoms with Gasteiger partial charge in [-0.1, -0.05) is 6.92 Å². The molecule has 7 heteroatoms. The number of rotatable bonds is 6. The number of hydrogen-bond acceptors (Lipinski definition) is 4. The molecule has 0 aromatic rings. The Kier molecular flexibility index (Phi) is 5.43. The molecule has 0 saturated carbocycles. The molecular formula is C9H17NO5S. The van der Waals surface area contributed by atoms with E-state index in [0.717, 1.165) is 6.92 Å². The lowest BCUT2D eigenvalue weighted by Crippen LogP contribution is -2.40. The van der Waals surface area contributed by atoms with Crippen LogP contribution in [0.4, 0.5) is 0 Å². The maximum atomic E-state index is 11.4. The number of carboxylic acid groups (broad SMARTS) is 1. The van der Waals surface area contributed by atoms with E-state index in [1.54, 1.807) is 6.92 Å². The molecule has 0 aromatic heterocycles. The van der Waals surface area contributed by atoms with Crippen LogP contribution in [0.25, 0.3) is 0 Å². The molecule has 0 bridgehead atoms. The molecule has 6 nitrogen and oxygen atoms in total. The average molecular weight is 251 g/mol. The Morgan fingerprint density at radius 3 is 2.19 bits per heavy atom. The van der Waals surface area contributed by atoms with Gasteiger partial charge in [-0.3, -0.25) is 9.59 Å². The lowest BCUT2D eigenvalue weighted by Gasteiger charge is -2.12. The van der Waals surface area contributed by atoms with Gasteiger partial charge >= 0.3 is 5.97 Å². The first-order valence-corrected chi connectivity index (χ1v) is 6.66. The number of carbonyl (C=O) groups excluding carboxylic acids is 1. The van der Waals surface area contributed by atoms with E-state index in [2.05, 4.69) is 5.32 Å². The molecule has 2 atom stereocenters. The fourth-order valence-electron chi connectivity index (χ4n) is 0.880. The van der Waals surface area contributed by atoms with Gasteiger partial charge in [-0.05, 0) is 20.3 Å². The van der Waals surface area contributed by atoms with E-state index in [9.17, 15) is 18.0 Å². The summed E-state index contributed by atoms with van der Waals surface area (Å²) in [6.07, 6.45) is 0.681. The molecule has 0 spiro atoms. The van der Waals surface area contributed by atoms with Crippen LogP contribution in [-0.4, -0.2) is 42.4 Å². The van der Waals surface area contributed by atoms with Gasteiger partial charge in [0.2, 0.25) is 5.91 Å². The summed E-state index contributed by atoms with van der Waals surface area (Å²) in [5.41, 5.74) is 0. The number of aliphatic carboxylic acids is 1. The van der Waals surface area contributed by atoms with Crippen LogP contribution in [0, 0.1) is 0 Å². The van der Waals surface area contributed by atoms with Crippen molar-refractivity contribution < 1.29 is 23.1 Å². The highest BCUT2D eigenvalue weighted by molar-refractivity contribution is 7.93. The predicted octanol–water partition coefficient (Wildman–Crippen LogP) is -0.211. The summed E-state index contributed by atoms with van der Waals surface area (Å²) in [7, 11) is -3.92. The van der Waals surface area contributed by atoms with Crippen molar-refractivity contribution in [2.45, 2.75) is 38.5 Å². The SMILES string of the molecule is CCC(C)NC(=O)CS(=O)(=O)C(C)C(=O)O. The lowest BCUT2D eigenvalue weighted by atomic mass is 10.3. The molecule has 0 aliphatic rings. The zero-order valence-electron chi connectivity index (χ0n) is 9.56. The number of carboxylic acids is 1. The zero-order chi connectivity index (χ0) is 12.9. The van der Waals surface area contributed by atoms with E-state index in [-0.39, 0.29) is 6.04 Å². The highest BCUT2D eigenvalue weighted by Gasteiger charge is 2.30. The largest absolute Gasteiger partial charge is 0.480 e. The molecule has 0 rings (SSSR count). The number of nitrogens with one attached hydrogen (secondary N) is 1. The van der Waals surface area contributed by atoms with Gasteiger partial charge in [0.15, 0.2) is 15.1 Å². The van der Waals surface area contributed by atoms with Crippen LogP contribution in [-0.2, 0) is 19.4 Å². The number of amides is 1. The normalized spacial score (nSPS) is 15.2. The molecule has 0 heterocycles. The van der Waals surface area contributed by atoms with Gasteiger partial charge in [0.1, 0.15) is 5.75 Å². The molecule has 94 valence electrons. The van der Waals surface area contributed by atoms with Crippen LogP contribution >= 0.6 is 0 Å². The minimum Gasteiger partial charge on any atom is -0.480 e. The van der Waals surface area contributed by atoms with Gasteiger partial charge in [0.25, 0.3) is 0 Å². The first kappa shape index (κ1) is 14.9. The van der Waals surface area contributed by atoms with Crippen molar-refractivity contribution in [1.29, 1.82) is 0 Å². The predicted molar refractivity (Wildman–Crippen MR) is 58.8 cm³/mol. The molecular weight excluding hydrogens is 234 g/mol. The molecule has 0 radical (unpaired) electrons. The highest BCUT2D eigenvalue weighted by atomic mass is 32.2. The van der Waals surface area contributed by atoms with Crippen LogP contribution in [0.2, 0.25) is 0 Å². The van der Waals surface area contributed by atoms with Gasteiger partial charge in [-0.25, -0.2) is 8.42 Å². The van der Waals surface area contributed by atoms with Crippen LogP contribution in [0.5, 0.6) is 0 Å². The molecule has 16 heavy (non-hydrogen) atoms. The summed E-state index contributed by atoms with van der Waals surface area (Å²) in [5.74, 6) is -2.90. The van der Waals surface area contributed by atoms with Crippen LogP contribution in [0.3, 0.4) is 0 Å². The second-order valence-electron chi connectivity index (χ2n) is 3.66. The van der Waals surface area contributed by atoms with Crippen LogP contribution in [0.1, 0.15) is 27.2 Å². The number of hydrogen-bond donors (Lipinski definition) is 2. The Labute approximate surface area is 95.0 Å². The van der Waals surface area contributed by atoms with Crippen LogP contribution < -0.4 is 5.32 Å². The Morgan fingerprint density at radius 1 is 1.31 bits per heavy atom. The molecule has 2 unspecified atom stereocenters. The summed E-state index contributed by atoms with van der Waals surface area (Å²) in [6, 6.07) is -0.122. The van der Waals surface area contributed by atoms with Crippen molar-refractivity contribution in [2.75, 3.05) is 5.75 Å². The van der Waals surface area contributed by atoms with E-state index in [1.165, 1.54) is 0 Å². The van der Waals surface area contributed by atoms with Gasteiger partial charge in [0, 0.05) is 6.04 Å². The number of sulfone groups is 1. The molecule has 0 fully saturated rings. The van der Waals surface area contributed by atoms with E-state index >= 15 is 0 Å². The topological polar surface area (TPSA) is 101 Å². The summed E-state index contributed by atoms with van der Waals surface area (Å²) in [5, 5.41) is 9.46. The summed E-state index contributed by atoms with van der Waals surface area (Å²) in [4.78, 5) is 21.8. The third-order valence-corrected chi connectivity index (χ3v) is 4.18. The van der Waals surface area contributed by atoms with E-state index in [0.29, 0.717) is 6.42 Å². The molecule has 0 aliphatic carbocycles. The summed E-state index contributed by atoms with van der Waals surface area (Å²) < 4.78 is 22.8. The second kappa shape index (κ2) is 5.83. The molecule has 2 N–H and O–H groups in total. The first-order chi connectivity index (χ1) is 7.20. The standard InChI is InChI=1S/C9H17NO5S/c1-4-6(2)10-8(11)5-16(14,15)7(3)9(12)13/h6-7H,4-5H2,1-3H3,(H,10,11)(H,12,13). The first-order valence-electron chi connectivity index (χ1n) is 4.94. The number of carbonyl (C=O) groups is 2. The smallest absolute Gasteiger partial charge is 0.321 e. The van der Waals surface area contributed by atoms with Gasteiger partial charge in [0.05, 0.1) is 0 Å². The van der Waals surface area contributed by atoms with Crippen molar-refractivity contribution in [3.8, 4) is 0 Å². The van der Waals surface area contributed by atoms with Crippen molar-refractivity contribution in [2.24, 2.45) is 0 Å². The highest BCUT2D eigenvalue weighted by Crippen LogP contribution is 2.02. The minimum atomic E-state index is -3.92. The molecule has 0 aliphatic heterocycles. The minimum absolute atomic E-state index is 0.122. The summed E-state index contributed by atoms with van der Waals surface area (Å²) in [6.45, 7) is 4.64. The zero-order valence-corrected chi connectivity index (χ0v) is 10.4.